The van der Waals surface area contributed by atoms with Crippen LogP contribution in [-0.4, -0.2) is 46.8 Å². The summed E-state index contributed by atoms with van der Waals surface area (Å²) in [5.41, 5.74) is 1.23. The Balaban J connectivity index is 1.67. The Labute approximate surface area is 223 Å². The summed E-state index contributed by atoms with van der Waals surface area (Å²) in [7, 11) is 0. The number of nitriles is 1. The van der Waals surface area contributed by atoms with E-state index in [1.54, 1.807) is 16.4 Å². The molecule has 3 aromatic rings. The summed E-state index contributed by atoms with van der Waals surface area (Å²) in [5, 5.41) is 10.1. The molecule has 1 saturated heterocycles. The average molecular weight is 516 g/mol. The number of rotatable bonds is 6. The van der Waals surface area contributed by atoms with E-state index >= 15 is 0 Å². The third kappa shape index (κ3) is 6.17. The number of carbonyl (C=O) groups excluding carboxylic acids is 2. The molecule has 0 aliphatic carbocycles. The van der Waals surface area contributed by atoms with Crippen LogP contribution in [0.3, 0.4) is 0 Å². The fourth-order valence-corrected chi connectivity index (χ4v) is 4.55. The Morgan fingerprint density at radius 2 is 1.74 bits per heavy atom. The predicted octanol–water partition coefficient (Wildman–Crippen LogP) is 6.57. The van der Waals surface area contributed by atoms with Crippen molar-refractivity contribution in [3.8, 4) is 28.7 Å². The van der Waals surface area contributed by atoms with Gasteiger partial charge >= 0.3 is 12.1 Å². The van der Waals surface area contributed by atoms with E-state index in [4.69, 9.17) is 14.2 Å². The van der Waals surface area contributed by atoms with E-state index in [0.717, 1.165) is 24.2 Å². The van der Waals surface area contributed by atoms with E-state index in [1.807, 2.05) is 81.6 Å². The molecule has 4 rings (SSSR count). The van der Waals surface area contributed by atoms with Gasteiger partial charge in [0.2, 0.25) is 0 Å². The standard InChI is InChI=1S/C30H33N3O5/c1-5-36-28(34)27-25(18-31)26(21-13-15-24(16-14-21)37-23-11-7-6-8-12-23)20-33(27)22-10-9-17-32(19-22)29(35)38-30(2,3)4/h6-8,11-16,20,22H,5,9-10,17,19H2,1-4H3/t22-/m1/s1. The lowest BCUT2D eigenvalue weighted by atomic mass is 10.0. The Morgan fingerprint density at radius 1 is 1.05 bits per heavy atom. The summed E-state index contributed by atoms with van der Waals surface area (Å²) < 4.78 is 18.6. The van der Waals surface area contributed by atoms with E-state index in [9.17, 15) is 14.9 Å². The first-order chi connectivity index (χ1) is 18.2. The van der Waals surface area contributed by atoms with Crippen molar-refractivity contribution in [2.45, 2.75) is 52.2 Å². The van der Waals surface area contributed by atoms with Crippen LogP contribution in [0.4, 0.5) is 4.79 Å². The molecule has 0 N–H and O–H groups in total. The van der Waals surface area contributed by atoms with Crippen molar-refractivity contribution in [3.63, 3.8) is 0 Å². The number of likely N-dealkylation sites (tertiary alicyclic amines) is 1. The van der Waals surface area contributed by atoms with Crippen LogP contribution >= 0.6 is 0 Å². The van der Waals surface area contributed by atoms with Crippen LogP contribution in [0.15, 0.2) is 60.8 Å². The highest BCUT2D eigenvalue weighted by atomic mass is 16.6. The van der Waals surface area contributed by atoms with Crippen LogP contribution in [0.5, 0.6) is 11.5 Å². The van der Waals surface area contributed by atoms with Gasteiger partial charge in [-0.2, -0.15) is 5.26 Å². The molecule has 1 atom stereocenters. The van der Waals surface area contributed by atoms with Gasteiger partial charge in [0.25, 0.3) is 0 Å². The van der Waals surface area contributed by atoms with Gasteiger partial charge in [-0.15, -0.1) is 0 Å². The molecule has 0 radical (unpaired) electrons. The minimum atomic E-state index is -0.606. The zero-order valence-corrected chi connectivity index (χ0v) is 22.3. The maximum atomic E-state index is 13.1. The first-order valence-corrected chi connectivity index (χ1v) is 12.8. The quantitative estimate of drug-likeness (QED) is 0.345. The molecule has 2 aromatic carbocycles. The number of ether oxygens (including phenoxy) is 3. The van der Waals surface area contributed by atoms with Crippen molar-refractivity contribution in [2.75, 3.05) is 19.7 Å². The largest absolute Gasteiger partial charge is 0.461 e. The second-order valence-electron chi connectivity index (χ2n) is 10.2. The molecule has 0 bridgehead atoms. The van der Waals surface area contributed by atoms with E-state index in [1.165, 1.54) is 0 Å². The maximum absolute atomic E-state index is 13.1. The van der Waals surface area contributed by atoms with Crippen molar-refractivity contribution in [1.82, 2.24) is 9.47 Å². The van der Waals surface area contributed by atoms with E-state index in [0.29, 0.717) is 24.4 Å². The number of para-hydroxylation sites is 1. The van der Waals surface area contributed by atoms with Gasteiger partial charge in [0.05, 0.1) is 18.2 Å². The number of carbonyl (C=O) groups is 2. The van der Waals surface area contributed by atoms with Crippen molar-refractivity contribution < 1.29 is 23.8 Å². The molecule has 1 amide bonds. The van der Waals surface area contributed by atoms with Gasteiger partial charge in [0.1, 0.15) is 28.9 Å². The number of esters is 1. The lowest BCUT2D eigenvalue weighted by Crippen LogP contribution is -2.43. The van der Waals surface area contributed by atoms with Crippen molar-refractivity contribution in [1.29, 1.82) is 5.26 Å². The van der Waals surface area contributed by atoms with Crippen LogP contribution in [0.2, 0.25) is 0 Å². The van der Waals surface area contributed by atoms with E-state index in [-0.39, 0.29) is 30.0 Å². The highest BCUT2D eigenvalue weighted by Gasteiger charge is 2.33. The molecular weight excluding hydrogens is 482 g/mol. The summed E-state index contributed by atoms with van der Waals surface area (Å²) in [4.78, 5) is 27.5. The molecule has 0 unspecified atom stereocenters. The first kappa shape index (κ1) is 26.8. The van der Waals surface area contributed by atoms with E-state index < -0.39 is 11.6 Å². The van der Waals surface area contributed by atoms with E-state index in [2.05, 4.69) is 6.07 Å². The third-order valence-corrected chi connectivity index (χ3v) is 6.20. The average Bonchev–Trinajstić information content (AvgIpc) is 3.29. The first-order valence-electron chi connectivity index (χ1n) is 12.8. The Kier molecular flexibility index (Phi) is 8.06. The van der Waals surface area contributed by atoms with Gasteiger partial charge in [-0.05, 0) is 70.4 Å². The summed E-state index contributed by atoms with van der Waals surface area (Å²) in [5.74, 6) is 0.818. The molecular formula is C30H33N3O5. The number of benzene rings is 2. The summed E-state index contributed by atoms with van der Waals surface area (Å²) in [6, 6.07) is 18.9. The lowest BCUT2D eigenvalue weighted by Gasteiger charge is -2.35. The number of hydrogen-bond donors (Lipinski definition) is 0. The number of aromatic nitrogens is 1. The van der Waals surface area contributed by atoms with Crippen LogP contribution in [0.1, 0.15) is 62.6 Å². The summed E-state index contributed by atoms with van der Waals surface area (Å²) in [6.07, 6.45) is 2.92. The zero-order valence-electron chi connectivity index (χ0n) is 22.3. The molecule has 1 fully saturated rings. The Hall–Kier alpha value is -4.25. The topological polar surface area (TPSA) is 93.8 Å². The smallest absolute Gasteiger partial charge is 0.410 e. The molecule has 1 aliphatic heterocycles. The number of amides is 1. The molecule has 8 nitrogen and oxygen atoms in total. The summed E-state index contributed by atoms with van der Waals surface area (Å²) in [6.45, 7) is 8.35. The Bertz CT molecular complexity index is 1320. The second-order valence-corrected chi connectivity index (χ2v) is 10.2. The van der Waals surface area contributed by atoms with Crippen LogP contribution in [-0.2, 0) is 9.47 Å². The van der Waals surface area contributed by atoms with Gasteiger partial charge in [-0.25, -0.2) is 9.59 Å². The highest BCUT2D eigenvalue weighted by Crippen LogP contribution is 2.35. The second kappa shape index (κ2) is 11.4. The monoisotopic (exact) mass is 515 g/mol. The third-order valence-electron chi connectivity index (χ3n) is 6.20. The van der Waals surface area contributed by atoms with Gasteiger partial charge in [-0.1, -0.05) is 30.3 Å². The molecule has 38 heavy (non-hydrogen) atoms. The number of piperidine rings is 1. The van der Waals surface area contributed by atoms with Gasteiger partial charge in [0, 0.05) is 24.8 Å². The molecule has 0 spiro atoms. The molecule has 8 heteroatoms. The number of hydrogen-bond acceptors (Lipinski definition) is 6. The fourth-order valence-electron chi connectivity index (χ4n) is 4.55. The van der Waals surface area contributed by atoms with Crippen LogP contribution < -0.4 is 4.74 Å². The normalized spacial score (nSPS) is 15.4. The molecule has 198 valence electrons. The minimum absolute atomic E-state index is 0.185. The fraction of sp³-hybridized carbons (Fsp3) is 0.367. The zero-order chi connectivity index (χ0) is 27.3. The van der Waals surface area contributed by atoms with Crippen molar-refractivity contribution in [3.05, 3.63) is 72.1 Å². The van der Waals surface area contributed by atoms with Crippen LogP contribution in [0.25, 0.3) is 11.1 Å². The molecule has 0 saturated carbocycles. The number of nitrogens with zero attached hydrogens (tertiary/aromatic N) is 3. The van der Waals surface area contributed by atoms with Gasteiger partial charge < -0.3 is 23.7 Å². The Morgan fingerprint density at radius 3 is 2.37 bits per heavy atom. The van der Waals surface area contributed by atoms with Gasteiger partial charge in [0.15, 0.2) is 0 Å². The van der Waals surface area contributed by atoms with Crippen molar-refractivity contribution >= 4 is 12.1 Å². The lowest BCUT2D eigenvalue weighted by molar-refractivity contribution is 0.0171. The highest BCUT2D eigenvalue weighted by molar-refractivity contribution is 5.94. The van der Waals surface area contributed by atoms with Crippen LogP contribution in [0, 0.1) is 11.3 Å². The summed E-state index contributed by atoms with van der Waals surface area (Å²) >= 11 is 0. The SMILES string of the molecule is CCOC(=O)c1c(C#N)c(-c2ccc(Oc3ccccc3)cc2)cn1[C@@H]1CCCN(C(=O)OC(C)(C)C)C1. The maximum Gasteiger partial charge on any atom is 0.410 e. The predicted molar refractivity (Wildman–Crippen MR) is 143 cm³/mol. The van der Waals surface area contributed by atoms with Crippen molar-refractivity contribution in [2.24, 2.45) is 0 Å². The molecule has 1 aromatic heterocycles. The van der Waals surface area contributed by atoms with Gasteiger partial charge in [-0.3, -0.25) is 0 Å². The molecule has 2 heterocycles. The molecule has 1 aliphatic rings. The minimum Gasteiger partial charge on any atom is -0.461 e.